The number of pyridine rings is 2. The van der Waals surface area contributed by atoms with Gasteiger partial charge in [-0.15, -0.1) is 0 Å². The summed E-state index contributed by atoms with van der Waals surface area (Å²) in [6.07, 6.45) is 3.57. The lowest BCUT2D eigenvalue weighted by atomic mass is 10.1. The smallest absolute Gasteiger partial charge is 0.175 e. The Morgan fingerprint density at radius 1 is 0.889 bits per heavy atom. The van der Waals surface area contributed by atoms with Crippen molar-refractivity contribution in [2.75, 3.05) is 29.6 Å². The molecular weight excluding hydrogens is 354 g/mol. The van der Waals surface area contributed by atoms with Gasteiger partial charge in [0.15, 0.2) is 5.11 Å². The van der Waals surface area contributed by atoms with Crippen molar-refractivity contribution in [1.82, 2.24) is 9.97 Å². The second kappa shape index (κ2) is 7.17. The van der Waals surface area contributed by atoms with Crippen molar-refractivity contribution in [3.63, 3.8) is 0 Å². The van der Waals surface area contributed by atoms with Gasteiger partial charge in [0, 0.05) is 48.6 Å². The molecule has 0 amide bonds. The number of fused-ring (bicyclic) bond motifs is 3. The molecule has 5 nitrogen and oxygen atoms in total. The summed E-state index contributed by atoms with van der Waals surface area (Å²) >= 11 is 5.51. The van der Waals surface area contributed by atoms with Crippen molar-refractivity contribution >= 4 is 56.2 Å². The quantitative estimate of drug-likeness (QED) is 0.402. The third-order valence-corrected chi connectivity index (χ3v) is 4.55. The summed E-state index contributed by atoms with van der Waals surface area (Å²) in [7, 11) is 4.03. The minimum absolute atomic E-state index is 0.516. The molecule has 4 rings (SSSR count). The van der Waals surface area contributed by atoms with E-state index in [-0.39, 0.29) is 0 Å². The first-order chi connectivity index (χ1) is 13.1. The predicted molar refractivity (Wildman–Crippen MR) is 118 cm³/mol. The number of thiocarbonyl (C=S) groups is 1. The van der Waals surface area contributed by atoms with Crippen molar-refractivity contribution in [2.24, 2.45) is 0 Å². The second-order valence-electron chi connectivity index (χ2n) is 6.42. The molecule has 0 unspecified atom stereocenters. The van der Waals surface area contributed by atoms with E-state index in [0.29, 0.717) is 5.11 Å². The maximum atomic E-state index is 5.51. The van der Waals surface area contributed by atoms with Gasteiger partial charge in [0.25, 0.3) is 0 Å². The van der Waals surface area contributed by atoms with Crippen LogP contribution in [0.15, 0.2) is 67.0 Å². The molecule has 0 aliphatic rings. The van der Waals surface area contributed by atoms with E-state index < -0.39 is 0 Å². The van der Waals surface area contributed by atoms with E-state index in [4.69, 9.17) is 12.2 Å². The van der Waals surface area contributed by atoms with Gasteiger partial charge >= 0.3 is 0 Å². The van der Waals surface area contributed by atoms with Crippen molar-refractivity contribution in [3.05, 3.63) is 67.0 Å². The van der Waals surface area contributed by atoms with Crippen molar-refractivity contribution in [1.29, 1.82) is 0 Å². The number of aromatic nitrogens is 2. The molecule has 2 aromatic heterocycles. The van der Waals surface area contributed by atoms with Crippen molar-refractivity contribution < 1.29 is 0 Å². The van der Waals surface area contributed by atoms with Crippen LogP contribution in [-0.4, -0.2) is 29.2 Å². The number of hydrogen-bond donors (Lipinski definition) is 2. The Kier molecular flexibility index (Phi) is 4.56. The first kappa shape index (κ1) is 17.2. The van der Waals surface area contributed by atoms with Crippen LogP contribution in [0.5, 0.6) is 0 Å². The van der Waals surface area contributed by atoms with Gasteiger partial charge in [0.05, 0.1) is 16.7 Å². The van der Waals surface area contributed by atoms with Gasteiger partial charge in [-0.05, 0) is 60.7 Å². The van der Waals surface area contributed by atoms with E-state index in [1.165, 1.54) is 0 Å². The monoisotopic (exact) mass is 373 g/mol. The Morgan fingerprint density at radius 3 is 2.33 bits per heavy atom. The zero-order valence-corrected chi connectivity index (χ0v) is 15.9. The van der Waals surface area contributed by atoms with Crippen LogP contribution in [0.2, 0.25) is 0 Å². The Labute approximate surface area is 163 Å². The maximum Gasteiger partial charge on any atom is 0.175 e. The van der Waals surface area contributed by atoms with Crippen LogP contribution < -0.4 is 15.5 Å². The highest BCUT2D eigenvalue weighted by Crippen LogP contribution is 2.29. The minimum atomic E-state index is 0.516. The first-order valence-corrected chi connectivity index (χ1v) is 9.00. The van der Waals surface area contributed by atoms with E-state index in [9.17, 15) is 0 Å². The fourth-order valence-corrected chi connectivity index (χ4v) is 3.24. The zero-order valence-electron chi connectivity index (χ0n) is 15.1. The largest absolute Gasteiger partial charge is 0.378 e. The van der Waals surface area contributed by atoms with Crippen LogP contribution in [0.3, 0.4) is 0 Å². The lowest BCUT2D eigenvalue weighted by molar-refractivity contribution is 1.13. The molecule has 4 aromatic rings. The average molecular weight is 373 g/mol. The Hall–Kier alpha value is -3.25. The van der Waals surface area contributed by atoms with Crippen LogP contribution in [0.1, 0.15) is 0 Å². The van der Waals surface area contributed by atoms with Gasteiger partial charge in [-0.1, -0.05) is 6.07 Å². The van der Waals surface area contributed by atoms with Gasteiger partial charge in [-0.25, -0.2) is 0 Å². The number of hydrogen-bond acceptors (Lipinski definition) is 4. The molecule has 0 radical (unpaired) electrons. The molecule has 27 heavy (non-hydrogen) atoms. The fraction of sp³-hybridized carbons (Fsp3) is 0.0952. The van der Waals surface area contributed by atoms with E-state index in [2.05, 4.69) is 25.5 Å². The number of benzene rings is 2. The highest BCUT2D eigenvalue weighted by molar-refractivity contribution is 7.80. The van der Waals surface area contributed by atoms with Gasteiger partial charge in [0.2, 0.25) is 0 Å². The summed E-state index contributed by atoms with van der Waals surface area (Å²) in [5, 5.41) is 9.06. The summed E-state index contributed by atoms with van der Waals surface area (Å²) < 4.78 is 0. The zero-order chi connectivity index (χ0) is 18.8. The van der Waals surface area contributed by atoms with Crippen molar-refractivity contribution in [2.45, 2.75) is 0 Å². The lowest BCUT2D eigenvalue weighted by Gasteiger charge is -2.15. The molecule has 0 spiro atoms. The number of rotatable bonds is 3. The van der Waals surface area contributed by atoms with Crippen LogP contribution >= 0.6 is 12.2 Å². The standard InChI is InChI=1S/C21H19N5S/c1-26(2)16-9-7-15(8-10-16)24-21(27)25-18-13-14-5-3-11-22-19(14)17-6-4-12-23-20(17)18/h3-13H,1-2H3,(H2,24,25,27). The van der Waals surface area contributed by atoms with Crippen LogP contribution in [0.4, 0.5) is 17.1 Å². The average Bonchev–Trinajstić information content (AvgIpc) is 2.68. The van der Waals surface area contributed by atoms with E-state index in [1.54, 1.807) is 12.4 Å². The SMILES string of the molecule is CN(C)c1ccc(NC(=S)Nc2cc3cccnc3c3cccnc23)cc1. The topological polar surface area (TPSA) is 53.1 Å². The molecule has 134 valence electrons. The van der Waals surface area contributed by atoms with Crippen LogP contribution in [0, 0.1) is 0 Å². The van der Waals surface area contributed by atoms with Crippen LogP contribution in [0.25, 0.3) is 21.8 Å². The van der Waals surface area contributed by atoms with Gasteiger partial charge in [0.1, 0.15) is 0 Å². The predicted octanol–water partition coefficient (Wildman–Crippen LogP) is 4.66. The molecule has 0 atom stereocenters. The fourth-order valence-electron chi connectivity index (χ4n) is 3.02. The molecule has 0 bridgehead atoms. The first-order valence-electron chi connectivity index (χ1n) is 8.60. The normalized spacial score (nSPS) is 10.7. The maximum absolute atomic E-state index is 5.51. The molecule has 0 aliphatic heterocycles. The lowest BCUT2D eigenvalue weighted by Crippen LogP contribution is -2.19. The third-order valence-electron chi connectivity index (χ3n) is 4.35. The molecule has 0 aliphatic carbocycles. The molecule has 2 aromatic carbocycles. The summed E-state index contributed by atoms with van der Waals surface area (Å²) in [4.78, 5) is 11.1. The summed E-state index contributed by atoms with van der Waals surface area (Å²) in [6, 6.07) is 18.0. The highest BCUT2D eigenvalue weighted by Gasteiger charge is 2.09. The van der Waals surface area contributed by atoms with Gasteiger partial charge in [-0.3, -0.25) is 9.97 Å². The van der Waals surface area contributed by atoms with E-state index in [0.717, 1.165) is 38.9 Å². The molecule has 0 saturated carbocycles. The third kappa shape index (κ3) is 3.52. The number of nitrogens with zero attached hydrogens (tertiary/aromatic N) is 3. The highest BCUT2D eigenvalue weighted by atomic mass is 32.1. The molecule has 2 heterocycles. The number of anilines is 3. The molecular formula is C21H19N5S. The summed E-state index contributed by atoms with van der Waals surface area (Å²) in [5.74, 6) is 0. The van der Waals surface area contributed by atoms with Crippen molar-refractivity contribution in [3.8, 4) is 0 Å². The minimum Gasteiger partial charge on any atom is -0.378 e. The molecule has 2 N–H and O–H groups in total. The van der Waals surface area contributed by atoms with Gasteiger partial charge < -0.3 is 15.5 Å². The van der Waals surface area contributed by atoms with Gasteiger partial charge in [-0.2, -0.15) is 0 Å². The molecule has 6 heteroatoms. The summed E-state index contributed by atoms with van der Waals surface area (Å²) in [5.41, 5.74) is 4.70. The second-order valence-corrected chi connectivity index (χ2v) is 6.83. The van der Waals surface area contributed by atoms with E-state index >= 15 is 0 Å². The Balaban J connectivity index is 1.63. The van der Waals surface area contributed by atoms with Crippen LogP contribution in [-0.2, 0) is 0 Å². The number of nitrogens with one attached hydrogen (secondary N) is 2. The Morgan fingerprint density at radius 2 is 1.59 bits per heavy atom. The molecule has 0 saturated heterocycles. The Bertz CT molecular complexity index is 1120. The summed E-state index contributed by atoms with van der Waals surface area (Å²) in [6.45, 7) is 0. The van der Waals surface area contributed by atoms with E-state index in [1.807, 2.05) is 68.7 Å². The molecule has 0 fully saturated rings.